The second kappa shape index (κ2) is 7.49. The Morgan fingerprint density at radius 2 is 1.81 bits per heavy atom. The summed E-state index contributed by atoms with van der Waals surface area (Å²) in [6.07, 6.45) is -1.85. The summed E-state index contributed by atoms with van der Waals surface area (Å²) < 4.78 is 9.01. The first kappa shape index (κ1) is 14.2. The van der Waals surface area contributed by atoms with Crippen molar-refractivity contribution in [2.24, 2.45) is 5.11 Å². The highest BCUT2D eigenvalue weighted by Crippen LogP contribution is 2.05. The van der Waals surface area contributed by atoms with Crippen molar-refractivity contribution in [1.82, 2.24) is 0 Å². The molecular formula is C8H13N3O5. The molecule has 0 aromatic heterocycles. The number of rotatable bonds is 6. The fraction of sp³-hybridized carbons (Fsp3) is 0.750. The summed E-state index contributed by atoms with van der Waals surface area (Å²) in [6.45, 7) is 3.17. The second-order valence-electron chi connectivity index (χ2n) is 2.60. The molecule has 0 amide bonds. The molecule has 0 aromatic carbocycles. The van der Waals surface area contributed by atoms with Gasteiger partial charge in [0, 0.05) is 4.91 Å². The van der Waals surface area contributed by atoms with Crippen LogP contribution in [0.3, 0.4) is 0 Å². The highest BCUT2D eigenvalue weighted by atomic mass is 16.6. The van der Waals surface area contributed by atoms with Crippen molar-refractivity contribution < 1.29 is 24.2 Å². The van der Waals surface area contributed by atoms with E-state index in [1.165, 1.54) is 6.92 Å². The lowest BCUT2D eigenvalue weighted by molar-refractivity contribution is -0.161. The maximum absolute atomic E-state index is 11.2. The van der Waals surface area contributed by atoms with Gasteiger partial charge in [-0.2, -0.15) is 0 Å². The minimum Gasteiger partial charge on any atom is -0.466 e. The van der Waals surface area contributed by atoms with Crippen LogP contribution >= 0.6 is 0 Å². The van der Waals surface area contributed by atoms with Crippen LogP contribution in [0.2, 0.25) is 0 Å². The SMILES string of the molecule is CCOC(=O)C(O)C(N=[N+]=[N-])C(=O)OCC. The number of hydrogen-bond donors (Lipinski definition) is 1. The number of ether oxygens (including phenoxy) is 2. The van der Waals surface area contributed by atoms with Crippen molar-refractivity contribution in [2.75, 3.05) is 13.2 Å². The van der Waals surface area contributed by atoms with Crippen LogP contribution in [-0.2, 0) is 19.1 Å². The molecule has 0 saturated heterocycles. The van der Waals surface area contributed by atoms with E-state index in [9.17, 15) is 14.7 Å². The van der Waals surface area contributed by atoms with E-state index in [0.29, 0.717) is 0 Å². The largest absolute Gasteiger partial charge is 0.466 e. The van der Waals surface area contributed by atoms with Gasteiger partial charge in [-0.05, 0) is 19.4 Å². The maximum Gasteiger partial charge on any atom is 0.336 e. The minimum absolute atomic E-state index is 0.0434. The van der Waals surface area contributed by atoms with E-state index in [0.717, 1.165) is 0 Å². The van der Waals surface area contributed by atoms with Crippen molar-refractivity contribution in [3.63, 3.8) is 0 Å². The van der Waals surface area contributed by atoms with Crippen LogP contribution < -0.4 is 0 Å². The van der Waals surface area contributed by atoms with Gasteiger partial charge in [-0.25, -0.2) is 4.79 Å². The Hall–Kier alpha value is -1.79. The molecule has 16 heavy (non-hydrogen) atoms. The lowest BCUT2D eigenvalue weighted by Crippen LogP contribution is -2.40. The third-order valence-electron chi connectivity index (χ3n) is 1.53. The van der Waals surface area contributed by atoms with Crippen LogP contribution in [0.5, 0.6) is 0 Å². The topological polar surface area (TPSA) is 122 Å². The van der Waals surface area contributed by atoms with E-state index < -0.39 is 24.1 Å². The first-order valence-electron chi connectivity index (χ1n) is 4.64. The molecule has 0 radical (unpaired) electrons. The van der Waals surface area contributed by atoms with Gasteiger partial charge in [-0.1, -0.05) is 5.11 Å². The third-order valence-corrected chi connectivity index (χ3v) is 1.53. The summed E-state index contributed by atoms with van der Waals surface area (Å²) in [6, 6.07) is -1.62. The first-order chi connectivity index (χ1) is 7.58. The average molecular weight is 231 g/mol. The van der Waals surface area contributed by atoms with E-state index in [4.69, 9.17) is 5.53 Å². The molecule has 0 heterocycles. The number of aliphatic hydroxyl groups is 1. The molecule has 0 aliphatic heterocycles. The Bertz CT molecular complexity index is 300. The van der Waals surface area contributed by atoms with E-state index in [1.54, 1.807) is 6.92 Å². The number of carbonyl (C=O) groups excluding carboxylic acids is 2. The molecule has 0 fully saturated rings. The van der Waals surface area contributed by atoms with Gasteiger partial charge in [0.15, 0.2) is 12.1 Å². The predicted octanol–water partition coefficient (Wildman–Crippen LogP) is 0.152. The van der Waals surface area contributed by atoms with Gasteiger partial charge in [0.05, 0.1) is 13.2 Å². The molecule has 2 unspecified atom stereocenters. The smallest absolute Gasteiger partial charge is 0.336 e. The minimum atomic E-state index is -1.85. The molecule has 0 aliphatic carbocycles. The van der Waals surface area contributed by atoms with Gasteiger partial charge in [0.25, 0.3) is 0 Å². The lowest BCUT2D eigenvalue weighted by Gasteiger charge is -2.15. The molecule has 90 valence electrons. The molecule has 0 aliphatic rings. The summed E-state index contributed by atoms with van der Waals surface area (Å²) >= 11 is 0. The highest BCUT2D eigenvalue weighted by Gasteiger charge is 2.33. The molecule has 8 nitrogen and oxygen atoms in total. The van der Waals surface area contributed by atoms with E-state index in [-0.39, 0.29) is 13.2 Å². The standard InChI is InChI=1S/C8H13N3O5/c1-3-15-7(13)5(10-11-9)6(12)8(14)16-4-2/h5-6,12H,3-4H2,1-2H3. The fourth-order valence-electron chi connectivity index (χ4n) is 0.879. The van der Waals surface area contributed by atoms with E-state index in [2.05, 4.69) is 19.5 Å². The monoisotopic (exact) mass is 231 g/mol. The molecule has 0 bridgehead atoms. The van der Waals surface area contributed by atoms with Gasteiger partial charge in [0.2, 0.25) is 0 Å². The molecule has 1 N–H and O–H groups in total. The second-order valence-corrected chi connectivity index (χ2v) is 2.60. The zero-order valence-electron chi connectivity index (χ0n) is 8.99. The summed E-state index contributed by atoms with van der Waals surface area (Å²) in [5.74, 6) is -2.01. The van der Waals surface area contributed by atoms with Crippen LogP contribution in [0.25, 0.3) is 10.4 Å². The van der Waals surface area contributed by atoms with Crippen LogP contribution in [-0.4, -0.2) is 42.4 Å². The first-order valence-corrected chi connectivity index (χ1v) is 4.64. The van der Waals surface area contributed by atoms with Crippen LogP contribution in [0, 0.1) is 0 Å². The average Bonchev–Trinajstić information content (AvgIpc) is 2.25. The number of nitrogens with zero attached hydrogens (tertiary/aromatic N) is 3. The van der Waals surface area contributed by atoms with E-state index in [1.807, 2.05) is 0 Å². The van der Waals surface area contributed by atoms with E-state index >= 15 is 0 Å². The molecular weight excluding hydrogens is 218 g/mol. The Labute approximate surface area is 91.8 Å². The summed E-state index contributed by atoms with van der Waals surface area (Å²) in [4.78, 5) is 24.7. The van der Waals surface area contributed by atoms with Gasteiger partial charge in [-0.15, -0.1) is 0 Å². The zero-order chi connectivity index (χ0) is 12.6. The van der Waals surface area contributed by atoms with Crippen LogP contribution in [0.1, 0.15) is 13.8 Å². The molecule has 0 spiro atoms. The van der Waals surface area contributed by atoms with Crippen LogP contribution in [0.15, 0.2) is 5.11 Å². The molecule has 0 saturated carbocycles. The van der Waals surface area contributed by atoms with Crippen LogP contribution in [0.4, 0.5) is 0 Å². The van der Waals surface area contributed by atoms with Gasteiger partial charge < -0.3 is 14.6 Å². The molecule has 0 aromatic rings. The van der Waals surface area contributed by atoms with Crippen molar-refractivity contribution in [3.8, 4) is 0 Å². The number of azide groups is 1. The Morgan fingerprint density at radius 3 is 2.25 bits per heavy atom. The lowest BCUT2D eigenvalue weighted by atomic mass is 10.2. The predicted molar refractivity (Wildman–Crippen MR) is 52.2 cm³/mol. The zero-order valence-corrected chi connectivity index (χ0v) is 8.99. The Kier molecular flexibility index (Phi) is 6.66. The van der Waals surface area contributed by atoms with Crippen molar-refractivity contribution >= 4 is 11.9 Å². The van der Waals surface area contributed by atoms with Crippen molar-refractivity contribution in [1.29, 1.82) is 0 Å². The quantitative estimate of drug-likeness (QED) is 0.302. The van der Waals surface area contributed by atoms with Gasteiger partial charge in [-0.3, -0.25) is 4.79 Å². The molecule has 0 rings (SSSR count). The Morgan fingerprint density at radius 1 is 1.31 bits per heavy atom. The number of hydrogen-bond acceptors (Lipinski definition) is 6. The van der Waals surface area contributed by atoms with Crippen molar-refractivity contribution in [2.45, 2.75) is 26.0 Å². The third kappa shape index (κ3) is 4.16. The van der Waals surface area contributed by atoms with Gasteiger partial charge >= 0.3 is 11.9 Å². The maximum atomic E-state index is 11.2. The molecule has 8 heteroatoms. The number of esters is 2. The van der Waals surface area contributed by atoms with Crippen molar-refractivity contribution in [3.05, 3.63) is 10.4 Å². The fourth-order valence-corrected chi connectivity index (χ4v) is 0.879. The number of carbonyl (C=O) groups is 2. The number of aliphatic hydroxyl groups excluding tert-OH is 1. The summed E-state index contributed by atoms with van der Waals surface area (Å²) in [5, 5.41) is 12.4. The summed E-state index contributed by atoms with van der Waals surface area (Å²) in [5.41, 5.74) is 8.20. The normalized spacial score (nSPS) is 13.2. The highest BCUT2D eigenvalue weighted by molar-refractivity contribution is 5.86. The summed E-state index contributed by atoms with van der Waals surface area (Å²) in [7, 11) is 0. The Balaban J connectivity index is 4.70. The van der Waals surface area contributed by atoms with Gasteiger partial charge in [0.1, 0.15) is 0 Å². The molecule has 2 atom stereocenters.